The molecule has 1 aromatic heterocycles. The SMILES string of the molecule is CC(C)CC(CC(C)C)C(=O)OC(c1ccccc1)(c1ccccc1)c1ccoc1. The number of carbonyl (C=O) groups is 1. The van der Waals surface area contributed by atoms with Crippen LogP contribution in [0, 0.1) is 17.8 Å². The van der Waals surface area contributed by atoms with Crippen LogP contribution in [0.15, 0.2) is 83.7 Å². The molecule has 0 aliphatic heterocycles. The van der Waals surface area contributed by atoms with Crippen LogP contribution in [-0.4, -0.2) is 5.97 Å². The second kappa shape index (κ2) is 9.80. The Morgan fingerprint density at radius 3 is 1.70 bits per heavy atom. The summed E-state index contributed by atoms with van der Waals surface area (Å²) in [5, 5.41) is 0. The molecule has 30 heavy (non-hydrogen) atoms. The molecule has 3 nitrogen and oxygen atoms in total. The van der Waals surface area contributed by atoms with Crippen LogP contribution in [0.5, 0.6) is 0 Å². The van der Waals surface area contributed by atoms with E-state index in [2.05, 4.69) is 27.7 Å². The summed E-state index contributed by atoms with van der Waals surface area (Å²) in [6.45, 7) is 8.60. The Labute approximate surface area is 180 Å². The molecule has 0 saturated carbocycles. The molecule has 0 aliphatic rings. The minimum atomic E-state index is -1.06. The highest BCUT2D eigenvalue weighted by molar-refractivity contribution is 5.74. The van der Waals surface area contributed by atoms with Crippen LogP contribution in [0.25, 0.3) is 0 Å². The molecule has 0 N–H and O–H groups in total. The average Bonchev–Trinajstić information content (AvgIpc) is 3.27. The van der Waals surface area contributed by atoms with E-state index in [1.807, 2.05) is 66.7 Å². The van der Waals surface area contributed by atoms with Crippen molar-refractivity contribution in [2.75, 3.05) is 0 Å². The number of carbonyl (C=O) groups excluding carboxylic acids is 1. The Morgan fingerprint density at radius 1 is 0.800 bits per heavy atom. The lowest BCUT2D eigenvalue weighted by molar-refractivity contribution is -0.160. The van der Waals surface area contributed by atoms with Crippen LogP contribution in [0.3, 0.4) is 0 Å². The fourth-order valence-corrected chi connectivity index (χ4v) is 4.15. The molecular formula is C27H32O3. The highest BCUT2D eigenvalue weighted by Gasteiger charge is 2.42. The molecule has 0 spiro atoms. The maximum Gasteiger partial charge on any atom is 0.310 e. The van der Waals surface area contributed by atoms with Gasteiger partial charge in [0.25, 0.3) is 0 Å². The van der Waals surface area contributed by atoms with Crippen LogP contribution in [0.4, 0.5) is 0 Å². The van der Waals surface area contributed by atoms with Gasteiger partial charge in [0.15, 0.2) is 5.60 Å². The number of benzene rings is 2. The summed E-state index contributed by atoms with van der Waals surface area (Å²) < 4.78 is 12.0. The molecule has 0 fully saturated rings. The van der Waals surface area contributed by atoms with Crippen molar-refractivity contribution in [1.29, 1.82) is 0 Å². The van der Waals surface area contributed by atoms with Crippen molar-refractivity contribution in [3.63, 3.8) is 0 Å². The quantitative estimate of drug-likeness (QED) is 0.367. The van der Waals surface area contributed by atoms with Gasteiger partial charge in [0.2, 0.25) is 0 Å². The summed E-state index contributed by atoms with van der Waals surface area (Å²) in [6.07, 6.45) is 4.92. The van der Waals surface area contributed by atoms with Gasteiger partial charge in [-0.05, 0) is 30.7 Å². The molecular weight excluding hydrogens is 372 g/mol. The summed E-state index contributed by atoms with van der Waals surface area (Å²) in [6, 6.07) is 21.7. The van der Waals surface area contributed by atoms with Gasteiger partial charge < -0.3 is 9.15 Å². The standard InChI is InChI=1S/C27H32O3/c1-20(2)17-22(18-21(3)4)26(28)30-27(25-15-16-29-19-25,23-11-7-5-8-12-23)24-13-9-6-10-14-24/h5-16,19-22H,17-18H2,1-4H3. The summed E-state index contributed by atoms with van der Waals surface area (Å²) in [5.41, 5.74) is 1.55. The van der Waals surface area contributed by atoms with Crippen molar-refractivity contribution in [3.05, 3.63) is 95.9 Å². The average molecular weight is 405 g/mol. The smallest absolute Gasteiger partial charge is 0.310 e. The lowest BCUT2D eigenvalue weighted by atomic mass is 9.80. The predicted molar refractivity (Wildman–Crippen MR) is 120 cm³/mol. The Bertz CT molecular complexity index is 846. The summed E-state index contributed by atoms with van der Waals surface area (Å²) >= 11 is 0. The summed E-state index contributed by atoms with van der Waals surface area (Å²) in [5.74, 6) is 0.520. The van der Waals surface area contributed by atoms with E-state index in [0.717, 1.165) is 29.5 Å². The Morgan fingerprint density at radius 2 is 1.30 bits per heavy atom. The van der Waals surface area contributed by atoms with E-state index in [1.54, 1.807) is 12.5 Å². The van der Waals surface area contributed by atoms with Crippen molar-refractivity contribution in [2.24, 2.45) is 17.8 Å². The van der Waals surface area contributed by atoms with Crippen LogP contribution in [-0.2, 0) is 15.1 Å². The minimum absolute atomic E-state index is 0.149. The van der Waals surface area contributed by atoms with E-state index in [0.29, 0.717) is 11.8 Å². The molecule has 0 aliphatic carbocycles. The van der Waals surface area contributed by atoms with E-state index in [9.17, 15) is 4.79 Å². The summed E-state index contributed by atoms with van der Waals surface area (Å²) in [7, 11) is 0. The van der Waals surface area contributed by atoms with Crippen LogP contribution >= 0.6 is 0 Å². The van der Waals surface area contributed by atoms with Gasteiger partial charge in [-0.3, -0.25) is 4.79 Å². The highest BCUT2D eigenvalue weighted by atomic mass is 16.6. The number of esters is 1. The molecule has 0 saturated heterocycles. The maximum absolute atomic E-state index is 13.6. The molecule has 3 heteroatoms. The second-order valence-corrected chi connectivity index (χ2v) is 8.80. The topological polar surface area (TPSA) is 39.4 Å². The minimum Gasteiger partial charge on any atom is -0.472 e. The van der Waals surface area contributed by atoms with Crippen molar-refractivity contribution < 1.29 is 13.9 Å². The zero-order valence-electron chi connectivity index (χ0n) is 18.4. The third-order valence-corrected chi connectivity index (χ3v) is 5.39. The zero-order valence-corrected chi connectivity index (χ0v) is 18.4. The van der Waals surface area contributed by atoms with Crippen molar-refractivity contribution >= 4 is 5.97 Å². The molecule has 0 radical (unpaired) electrons. The van der Waals surface area contributed by atoms with E-state index < -0.39 is 5.60 Å². The van der Waals surface area contributed by atoms with Crippen LogP contribution in [0.1, 0.15) is 57.2 Å². The third kappa shape index (κ3) is 4.84. The first-order valence-corrected chi connectivity index (χ1v) is 10.8. The number of ether oxygens (including phenoxy) is 1. The van der Waals surface area contributed by atoms with Gasteiger partial charge in [0, 0.05) is 16.7 Å². The molecule has 0 unspecified atom stereocenters. The van der Waals surface area contributed by atoms with Gasteiger partial charge in [-0.1, -0.05) is 88.4 Å². The molecule has 1 heterocycles. The normalized spacial score (nSPS) is 12.0. The first-order chi connectivity index (χ1) is 14.4. The first-order valence-electron chi connectivity index (χ1n) is 10.8. The van der Waals surface area contributed by atoms with Crippen LogP contribution < -0.4 is 0 Å². The lowest BCUT2D eigenvalue weighted by Crippen LogP contribution is -2.37. The predicted octanol–water partition coefficient (Wildman–Crippen LogP) is 6.82. The van der Waals surface area contributed by atoms with Gasteiger partial charge >= 0.3 is 5.97 Å². The van der Waals surface area contributed by atoms with Crippen molar-refractivity contribution in [3.8, 4) is 0 Å². The molecule has 158 valence electrons. The van der Waals surface area contributed by atoms with Crippen molar-refractivity contribution in [1.82, 2.24) is 0 Å². The van der Waals surface area contributed by atoms with E-state index >= 15 is 0 Å². The zero-order chi connectivity index (χ0) is 21.6. The largest absolute Gasteiger partial charge is 0.472 e. The second-order valence-electron chi connectivity index (χ2n) is 8.80. The van der Waals surface area contributed by atoms with Gasteiger partial charge in [-0.2, -0.15) is 0 Å². The Kier molecular flexibility index (Phi) is 7.15. The summed E-state index contributed by atoms with van der Waals surface area (Å²) in [4.78, 5) is 13.6. The fourth-order valence-electron chi connectivity index (χ4n) is 4.15. The highest BCUT2D eigenvalue weighted by Crippen LogP contribution is 2.42. The van der Waals surface area contributed by atoms with Gasteiger partial charge in [-0.15, -0.1) is 0 Å². The van der Waals surface area contributed by atoms with Gasteiger partial charge in [0.05, 0.1) is 18.4 Å². The lowest BCUT2D eigenvalue weighted by Gasteiger charge is -2.35. The number of furan rings is 1. The van der Waals surface area contributed by atoms with E-state index in [1.165, 1.54) is 0 Å². The third-order valence-electron chi connectivity index (χ3n) is 5.39. The number of hydrogen-bond acceptors (Lipinski definition) is 3. The van der Waals surface area contributed by atoms with Crippen LogP contribution in [0.2, 0.25) is 0 Å². The molecule has 0 atom stereocenters. The van der Waals surface area contributed by atoms with Gasteiger partial charge in [0.1, 0.15) is 0 Å². The van der Waals surface area contributed by atoms with E-state index in [4.69, 9.17) is 9.15 Å². The molecule has 3 rings (SSSR count). The fraction of sp³-hybridized carbons (Fsp3) is 0.370. The number of hydrogen-bond donors (Lipinski definition) is 0. The monoisotopic (exact) mass is 404 g/mol. The number of rotatable bonds is 9. The molecule has 3 aromatic rings. The molecule has 0 amide bonds. The Hall–Kier alpha value is -2.81. The molecule has 0 bridgehead atoms. The maximum atomic E-state index is 13.6. The van der Waals surface area contributed by atoms with Crippen molar-refractivity contribution in [2.45, 2.75) is 46.1 Å². The first kappa shape index (κ1) is 21.9. The molecule has 2 aromatic carbocycles. The van der Waals surface area contributed by atoms with E-state index in [-0.39, 0.29) is 11.9 Å². The Balaban J connectivity index is 2.13. The van der Waals surface area contributed by atoms with Gasteiger partial charge in [-0.25, -0.2) is 0 Å².